The van der Waals surface area contributed by atoms with Crippen LogP contribution < -0.4 is 17.2 Å². The first-order valence-corrected chi connectivity index (χ1v) is 5.41. The van der Waals surface area contributed by atoms with E-state index in [1.54, 1.807) is 19.0 Å². The lowest BCUT2D eigenvalue weighted by Crippen LogP contribution is -2.32. The Kier molecular flexibility index (Phi) is 9.50. The Morgan fingerprint density at radius 3 is 1.94 bits per heavy atom. The highest BCUT2D eigenvalue weighted by Crippen LogP contribution is 2.01. The number of rotatable bonds is 3. The predicted molar refractivity (Wildman–Crippen MR) is 72.3 cm³/mol. The van der Waals surface area contributed by atoms with E-state index in [2.05, 4.69) is 4.99 Å². The molecule has 0 aliphatic carbocycles. The van der Waals surface area contributed by atoms with E-state index in [1.165, 1.54) is 0 Å². The van der Waals surface area contributed by atoms with Crippen LogP contribution in [0.4, 0.5) is 0 Å². The summed E-state index contributed by atoms with van der Waals surface area (Å²) in [6.07, 6.45) is 0.551. The fraction of sp³-hybridized carbons (Fsp3) is 0.700. The van der Waals surface area contributed by atoms with Crippen LogP contribution in [0.2, 0.25) is 0 Å². The first-order chi connectivity index (χ1) is 8.07. The SMILES string of the molecule is CC(C)CC(N)C(=O)O.CN(C)/C(N)=N/C(=N)N. The van der Waals surface area contributed by atoms with Gasteiger partial charge in [-0.2, -0.15) is 4.99 Å². The van der Waals surface area contributed by atoms with Gasteiger partial charge in [-0.3, -0.25) is 10.2 Å². The molecule has 8 N–H and O–H groups in total. The fourth-order valence-electron chi connectivity index (χ4n) is 0.832. The van der Waals surface area contributed by atoms with E-state index in [1.807, 2.05) is 13.8 Å². The van der Waals surface area contributed by atoms with Crippen LogP contribution in [0.25, 0.3) is 0 Å². The molecular weight excluding hydrogens is 236 g/mol. The van der Waals surface area contributed by atoms with E-state index < -0.39 is 12.0 Å². The minimum absolute atomic E-state index is 0.238. The van der Waals surface area contributed by atoms with Gasteiger partial charge in [-0.1, -0.05) is 13.8 Å². The number of hydrogen-bond donors (Lipinski definition) is 5. The molecule has 8 nitrogen and oxygen atoms in total. The first-order valence-electron chi connectivity index (χ1n) is 5.41. The van der Waals surface area contributed by atoms with Gasteiger partial charge in [-0.25, -0.2) is 0 Å². The molecule has 0 amide bonds. The van der Waals surface area contributed by atoms with Gasteiger partial charge in [0.2, 0.25) is 5.96 Å². The van der Waals surface area contributed by atoms with Crippen LogP contribution >= 0.6 is 0 Å². The van der Waals surface area contributed by atoms with Gasteiger partial charge in [-0.05, 0) is 12.3 Å². The smallest absolute Gasteiger partial charge is 0.320 e. The maximum atomic E-state index is 10.1. The molecule has 0 spiro atoms. The highest BCUT2D eigenvalue weighted by Gasteiger charge is 2.11. The number of nitrogens with zero attached hydrogens (tertiary/aromatic N) is 2. The molecule has 0 aromatic heterocycles. The van der Waals surface area contributed by atoms with E-state index >= 15 is 0 Å². The Morgan fingerprint density at radius 2 is 1.83 bits per heavy atom. The predicted octanol–water partition coefficient (Wildman–Crippen LogP) is -0.799. The monoisotopic (exact) mass is 260 g/mol. The number of hydrogen-bond acceptors (Lipinski definition) is 3. The van der Waals surface area contributed by atoms with Gasteiger partial charge < -0.3 is 27.2 Å². The minimum atomic E-state index is -0.913. The second-order valence-corrected chi connectivity index (χ2v) is 4.32. The normalized spacial score (nSPS) is 12.4. The molecule has 0 bridgehead atoms. The zero-order chi connectivity index (χ0) is 14.9. The van der Waals surface area contributed by atoms with Crippen molar-refractivity contribution in [2.45, 2.75) is 26.3 Å². The number of nitrogens with one attached hydrogen (secondary N) is 1. The Morgan fingerprint density at radius 1 is 1.39 bits per heavy atom. The number of carbonyl (C=O) groups is 1. The molecule has 106 valence electrons. The van der Waals surface area contributed by atoms with Crippen molar-refractivity contribution in [3.63, 3.8) is 0 Å². The average Bonchev–Trinajstić information content (AvgIpc) is 2.16. The summed E-state index contributed by atoms with van der Waals surface area (Å²) in [5.41, 5.74) is 15.4. The van der Waals surface area contributed by atoms with E-state index in [9.17, 15) is 4.79 Å². The van der Waals surface area contributed by atoms with Gasteiger partial charge in [0.1, 0.15) is 6.04 Å². The number of aliphatic carboxylic acids is 1. The van der Waals surface area contributed by atoms with E-state index in [-0.39, 0.29) is 11.9 Å². The topological polar surface area (TPSA) is 155 Å². The number of guanidine groups is 2. The number of carboxylic acid groups (broad SMARTS) is 1. The third-order valence-electron chi connectivity index (χ3n) is 1.74. The van der Waals surface area contributed by atoms with E-state index in [4.69, 9.17) is 27.7 Å². The van der Waals surface area contributed by atoms with Crippen molar-refractivity contribution in [3.8, 4) is 0 Å². The molecular formula is C10H24N6O2. The lowest BCUT2D eigenvalue weighted by molar-refractivity contribution is -0.138. The fourth-order valence-corrected chi connectivity index (χ4v) is 0.832. The van der Waals surface area contributed by atoms with Crippen molar-refractivity contribution in [1.82, 2.24) is 4.90 Å². The van der Waals surface area contributed by atoms with Crippen LogP contribution in [0.5, 0.6) is 0 Å². The molecule has 0 radical (unpaired) electrons. The van der Waals surface area contributed by atoms with E-state index in [0.29, 0.717) is 12.3 Å². The first kappa shape index (κ1) is 18.5. The molecule has 0 aliphatic heterocycles. The maximum Gasteiger partial charge on any atom is 0.320 e. The summed E-state index contributed by atoms with van der Waals surface area (Å²) in [5, 5.41) is 15.0. The molecule has 0 aliphatic rings. The molecule has 1 atom stereocenters. The molecule has 0 aromatic rings. The van der Waals surface area contributed by atoms with Crippen LogP contribution in [0, 0.1) is 11.3 Å². The average molecular weight is 260 g/mol. The van der Waals surface area contributed by atoms with Crippen LogP contribution in [0.3, 0.4) is 0 Å². The highest BCUT2D eigenvalue weighted by molar-refractivity contribution is 5.91. The van der Waals surface area contributed by atoms with Gasteiger partial charge >= 0.3 is 5.97 Å². The van der Waals surface area contributed by atoms with Gasteiger partial charge in [0, 0.05) is 14.1 Å². The molecule has 0 aromatic carbocycles. The summed E-state index contributed by atoms with van der Waals surface area (Å²) in [7, 11) is 3.45. The highest BCUT2D eigenvalue weighted by atomic mass is 16.4. The Hall–Kier alpha value is -1.83. The van der Waals surface area contributed by atoms with Crippen molar-refractivity contribution in [2.24, 2.45) is 28.1 Å². The van der Waals surface area contributed by atoms with Crippen molar-refractivity contribution >= 4 is 17.9 Å². The summed E-state index contributed by atoms with van der Waals surface area (Å²) in [6, 6.07) is -0.690. The minimum Gasteiger partial charge on any atom is -0.480 e. The van der Waals surface area contributed by atoms with Gasteiger partial charge in [0.15, 0.2) is 5.96 Å². The van der Waals surface area contributed by atoms with Crippen molar-refractivity contribution in [3.05, 3.63) is 0 Å². The van der Waals surface area contributed by atoms with Crippen LogP contribution in [0.1, 0.15) is 20.3 Å². The summed E-state index contributed by atoms with van der Waals surface area (Å²) in [6.45, 7) is 3.89. The molecule has 0 fully saturated rings. The Balaban J connectivity index is 0. The summed E-state index contributed by atoms with van der Waals surface area (Å²) in [4.78, 5) is 15.1. The Labute approximate surface area is 107 Å². The third kappa shape index (κ3) is 12.2. The summed E-state index contributed by atoms with van der Waals surface area (Å²) < 4.78 is 0. The standard InChI is InChI=1S/C6H13NO2.C4H11N5/c1-4(2)3-5(7)6(8)9;1-9(2)4(7)8-3(5)6/h4-5H,3,7H2,1-2H3,(H,8,9);1-2H3,(H5,5,6,7,8). The third-order valence-corrected chi connectivity index (χ3v) is 1.74. The lowest BCUT2D eigenvalue weighted by Gasteiger charge is -2.08. The molecule has 0 saturated heterocycles. The van der Waals surface area contributed by atoms with Crippen LogP contribution in [-0.4, -0.2) is 48.0 Å². The molecule has 1 unspecified atom stereocenters. The molecule has 0 rings (SSSR count). The van der Waals surface area contributed by atoms with Crippen molar-refractivity contribution in [2.75, 3.05) is 14.1 Å². The van der Waals surface area contributed by atoms with Crippen molar-refractivity contribution in [1.29, 1.82) is 5.41 Å². The Bertz CT molecular complexity index is 301. The molecule has 0 heterocycles. The van der Waals surface area contributed by atoms with Gasteiger partial charge in [-0.15, -0.1) is 0 Å². The second-order valence-electron chi connectivity index (χ2n) is 4.32. The molecule has 18 heavy (non-hydrogen) atoms. The molecule has 0 saturated carbocycles. The number of nitrogens with two attached hydrogens (primary N) is 3. The maximum absolute atomic E-state index is 10.1. The zero-order valence-electron chi connectivity index (χ0n) is 11.3. The second kappa shape index (κ2) is 9.23. The zero-order valence-corrected chi connectivity index (χ0v) is 11.3. The van der Waals surface area contributed by atoms with Crippen LogP contribution in [-0.2, 0) is 4.79 Å². The largest absolute Gasteiger partial charge is 0.480 e. The number of aliphatic imine (C=N–C) groups is 1. The van der Waals surface area contributed by atoms with E-state index in [0.717, 1.165) is 0 Å². The molecule has 8 heteroatoms. The lowest BCUT2D eigenvalue weighted by atomic mass is 10.1. The van der Waals surface area contributed by atoms with Crippen molar-refractivity contribution < 1.29 is 9.90 Å². The number of carboxylic acids is 1. The summed E-state index contributed by atoms with van der Waals surface area (Å²) in [5.74, 6) is -0.594. The summed E-state index contributed by atoms with van der Waals surface area (Å²) >= 11 is 0. The van der Waals surface area contributed by atoms with Crippen LogP contribution in [0.15, 0.2) is 4.99 Å². The quantitative estimate of drug-likeness (QED) is 0.330. The van der Waals surface area contributed by atoms with Gasteiger partial charge in [0.25, 0.3) is 0 Å². The van der Waals surface area contributed by atoms with Gasteiger partial charge in [0.05, 0.1) is 0 Å².